The summed E-state index contributed by atoms with van der Waals surface area (Å²) >= 11 is 7.17. The van der Waals surface area contributed by atoms with Gasteiger partial charge in [-0.2, -0.15) is 0 Å². The van der Waals surface area contributed by atoms with E-state index in [0.717, 1.165) is 0 Å². The molecule has 0 aliphatic carbocycles. The maximum absolute atomic E-state index is 3.63. The lowest BCUT2D eigenvalue weighted by atomic mass is 10.1. The van der Waals surface area contributed by atoms with Crippen LogP contribution in [0.4, 0.5) is 0 Å². The van der Waals surface area contributed by atoms with E-state index in [1.807, 2.05) is 0 Å². The topological polar surface area (TPSA) is 0 Å². The van der Waals surface area contributed by atoms with Crippen LogP contribution in [0.5, 0.6) is 0 Å². The number of rotatable bonds is 5. The van der Waals surface area contributed by atoms with Crippen LogP contribution in [-0.4, -0.2) is 9.65 Å². The molecular formula is C8H16Br2. The van der Waals surface area contributed by atoms with Crippen LogP contribution in [0.15, 0.2) is 0 Å². The van der Waals surface area contributed by atoms with Crippen LogP contribution in [0.25, 0.3) is 0 Å². The Bertz CT molecular complexity index is 71.7. The minimum absolute atomic E-state index is 0.601. The largest absolute Gasteiger partial charge is 0.0882 e. The average molecular weight is 272 g/mol. The van der Waals surface area contributed by atoms with Crippen LogP contribution in [0.2, 0.25) is 0 Å². The summed E-state index contributed by atoms with van der Waals surface area (Å²) in [5.74, 6) is 0. The third-order valence-electron chi connectivity index (χ3n) is 1.58. The highest BCUT2D eigenvalue weighted by atomic mass is 79.9. The van der Waals surface area contributed by atoms with Gasteiger partial charge in [0.25, 0.3) is 0 Å². The third-order valence-corrected chi connectivity index (χ3v) is 4.18. The smallest absolute Gasteiger partial charge is 0.0268 e. The quantitative estimate of drug-likeness (QED) is 0.521. The van der Waals surface area contributed by atoms with Gasteiger partial charge in [0, 0.05) is 9.65 Å². The van der Waals surface area contributed by atoms with E-state index < -0.39 is 0 Å². The van der Waals surface area contributed by atoms with Crippen LogP contribution in [0.3, 0.4) is 0 Å². The number of hydrogen-bond donors (Lipinski definition) is 0. The van der Waals surface area contributed by atoms with Crippen molar-refractivity contribution in [2.75, 3.05) is 0 Å². The van der Waals surface area contributed by atoms with Gasteiger partial charge < -0.3 is 0 Å². The number of alkyl halides is 2. The Morgan fingerprint density at radius 1 is 1.20 bits per heavy atom. The third kappa shape index (κ3) is 5.72. The lowest BCUT2D eigenvalue weighted by Gasteiger charge is -2.10. The standard InChI is InChI=1S/C8H16Br2/c1-3-4-5-6-8(10)7(2)9/h7-8H,3-6H2,1-2H3/t7-,8-/m0/s1. The number of unbranched alkanes of at least 4 members (excludes halogenated alkanes) is 2. The Hall–Kier alpha value is 0.960. The first-order valence-corrected chi connectivity index (χ1v) is 5.79. The summed E-state index contributed by atoms with van der Waals surface area (Å²) in [5, 5.41) is 0. The van der Waals surface area contributed by atoms with Crippen LogP contribution < -0.4 is 0 Å². The van der Waals surface area contributed by atoms with Crippen molar-refractivity contribution in [1.29, 1.82) is 0 Å². The molecule has 0 aromatic heterocycles. The van der Waals surface area contributed by atoms with Crippen molar-refractivity contribution in [3.63, 3.8) is 0 Å². The van der Waals surface area contributed by atoms with Crippen LogP contribution in [-0.2, 0) is 0 Å². The van der Waals surface area contributed by atoms with Gasteiger partial charge in [0.1, 0.15) is 0 Å². The number of halogens is 2. The van der Waals surface area contributed by atoms with Crippen molar-refractivity contribution < 1.29 is 0 Å². The molecule has 0 radical (unpaired) electrons. The summed E-state index contributed by atoms with van der Waals surface area (Å²) in [5.41, 5.74) is 0. The minimum Gasteiger partial charge on any atom is -0.0882 e. The molecule has 0 saturated heterocycles. The molecule has 0 fully saturated rings. The fraction of sp³-hybridized carbons (Fsp3) is 1.00. The molecule has 2 atom stereocenters. The van der Waals surface area contributed by atoms with Crippen molar-refractivity contribution in [3.8, 4) is 0 Å². The molecule has 0 amide bonds. The van der Waals surface area contributed by atoms with Gasteiger partial charge in [-0.1, -0.05) is 65.0 Å². The van der Waals surface area contributed by atoms with Gasteiger partial charge in [-0.25, -0.2) is 0 Å². The lowest BCUT2D eigenvalue weighted by molar-refractivity contribution is 0.649. The molecule has 0 spiro atoms. The maximum atomic E-state index is 3.63. The summed E-state index contributed by atoms with van der Waals surface area (Å²) in [4.78, 5) is 1.25. The normalized spacial score (nSPS) is 16.8. The van der Waals surface area contributed by atoms with Crippen molar-refractivity contribution in [2.24, 2.45) is 0 Å². The molecular weight excluding hydrogens is 256 g/mol. The van der Waals surface area contributed by atoms with Gasteiger partial charge in [0.05, 0.1) is 0 Å². The van der Waals surface area contributed by atoms with Gasteiger partial charge in [0.2, 0.25) is 0 Å². The van der Waals surface area contributed by atoms with Crippen molar-refractivity contribution in [3.05, 3.63) is 0 Å². The van der Waals surface area contributed by atoms with Gasteiger partial charge in [0.15, 0.2) is 0 Å². The second-order valence-corrected chi connectivity index (χ2v) is 5.31. The lowest BCUT2D eigenvalue weighted by Crippen LogP contribution is -2.08. The van der Waals surface area contributed by atoms with Crippen molar-refractivity contribution in [1.82, 2.24) is 0 Å². The zero-order valence-corrected chi connectivity index (χ0v) is 9.91. The van der Waals surface area contributed by atoms with E-state index in [9.17, 15) is 0 Å². The van der Waals surface area contributed by atoms with Gasteiger partial charge >= 0.3 is 0 Å². The Morgan fingerprint density at radius 3 is 2.20 bits per heavy atom. The minimum atomic E-state index is 0.601. The van der Waals surface area contributed by atoms with Crippen LogP contribution in [0.1, 0.15) is 39.5 Å². The second-order valence-electron chi connectivity index (χ2n) is 2.69. The molecule has 0 bridgehead atoms. The molecule has 0 aromatic carbocycles. The molecule has 0 nitrogen and oxygen atoms in total. The van der Waals surface area contributed by atoms with Gasteiger partial charge in [-0.05, 0) is 6.42 Å². The highest BCUT2D eigenvalue weighted by Gasteiger charge is 2.08. The van der Waals surface area contributed by atoms with E-state index in [0.29, 0.717) is 9.65 Å². The molecule has 2 heteroatoms. The van der Waals surface area contributed by atoms with Crippen LogP contribution in [0, 0.1) is 0 Å². The molecule has 0 aliphatic heterocycles. The fourth-order valence-electron chi connectivity index (χ4n) is 0.819. The Balaban J connectivity index is 3.13. The highest BCUT2D eigenvalue weighted by Crippen LogP contribution is 2.19. The van der Waals surface area contributed by atoms with Gasteiger partial charge in [-0.15, -0.1) is 0 Å². The molecule has 0 heterocycles. The summed E-state index contributed by atoms with van der Waals surface area (Å²) in [7, 11) is 0. The first kappa shape index (κ1) is 11.0. The average Bonchev–Trinajstić information content (AvgIpc) is 1.88. The monoisotopic (exact) mass is 270 g/mol. The first-order valence-electron chi connectivity index (χ1n) is 3.96. The van der Waals surface area contributed by atoms with E-state index in [2.05, 4.69) is 45.7 Å². The zero-order chi connectivity index (χ0) is 7.98. The molecule has 0 N–H and O–H groups in total. The van der Waals surface area contributed by atoms with E-state index in [1.54, 1.807) is 0 Å². The van der Waals surface area contributed by atoms with E-state index in [-0.39, 0.29) is 0 Å². The summed E-state index contributed by atoms with van der Waals surface area (Å²) in [6, 6.07) is 0. The molecule has 0 aromatic rings. The zero-order valence-electron chi connectivity index (χ0n) is 6.74. The van der Waals surface area contributed by atoms with E-state index >= 15 is 0 Å². The van der Waals surface area contributed by atoms with E-state index in [4.69, 9.17) is 0 Å². The molecule has 62 valence electrons. The van der Waals surface area contributed by atoms with Crippen LogP contribution >= 0.6 is 31.9 Å². The van der Waals surface area contributed by atoms with Crippen molar-refractivity contribution in [2.45, 2.75) is 49.2 Å². The van der Waals surface area contributed by atoms with Crippen molar-refractivity contribution >= 4 is 31.9 Å². The van der Waals surface area contributed by atoms with E-state index in [1.165, 1.54) is 25.7 Å². The fourth-order valence-corrected chi connectivity index (χ4v) is 1.41. The summed E-state index contributed by atoms with van der Waals surface area (Å²) in [6.07, 6.45) is 5.32. The molecule has 0 unspecified atom stereocenters. The number of hydrogen-bond acceptors (Lipinski definition) is 0. The van der Waals surface area contributed by atoms with Gasteiger partial charge in [-0.3, -0.25) is 0 Å². The Morgan fingerprint density at radius 2 is 1.80 bits per heavy atom. The molecule has 0 rings (SSSR count). The Kier molecular flexibility index (Phi) is 7.30. The summed E-state index contributed by atoms with van der Waals surface area (Å²) < 4.78 is 0. The SMILES string of the molecule is CCCCC[C@H](Br)[C@H](C)Br. The highest BCUT2D eigenvalue weighted by molar-refractivity contribution is 9.12. The Labute approximate surface area is 81.0 Å². The first-order chi connectivity index (χ1) is 4.68. The summed E-state index contributed by atoms with van der Waals surface area (Å²) in [6.45, 7) is 4.42. The maximum Gasteiger partial charge on any atom is 0.0268 e. The second kappa shape index (κ2) is 6.66. The molecule has 10 heavy (non-hydrogen) atoms. The molecule has 0 saturated carbocycles. The predicted octanol–water partition coefficient (Wildman–Crippen LogP) is 4.11. The predicted molar refractivity (Wildman–Crippen MR) is 55.2 cm³/mol. The molecule has 0 aliphatic rings.